The smallest absolute Gasteiger partial charge is 0.191 e. The monoisotopic (exact) mass is 321 g/mol. The number of guanidine groups is 1. The molecule has 2 rings (SSSR count). The lowest BCUT2D eigenvalue weighted by atomic mass is 10.0. The van der Waals surface area contributed by atoms with Gasteiger partial charge >= 0.3 is 0 Å². The Balaban J connectivity index is 1.58. The van der Waals surface area contributed by atoms with Crippen molar-refractivity contribution in [1.29, 1.82) is 0 Å². The van der Waals surface area contributed by atoms with Crippen LogP contribution in [-0.4, -0.2) is 44.1 Å². The van der Waals surface area contributed by atoms with Crippen molar-refractivity contribution in [1.82, 2.24) is 10.6 Å². The van der Waals surface area contributed by atoms with E-state index < -0.39 is 0 Å². The largest absolute Gasteiger partial charge is 0.373 e. The Morgan fingerprint density at radius 1 is 1.32 bits per heavy atom. The summed E-state index contributed by atoms with van der Waals surface area (Å²) in [6, 6.07) is 10.5. The van der Waals surface area contributed by atoms with Crippen molar-refractivity contribution < 1.29 is 4.74 Å². The van der Waals surface area contributed by atoms with E-state index in [1.54, 1.807) is 0 Å². The summed E-state index contributed by atoms with van der Waals surface area (Å²) in [6.45, 7) is 4.78. The molecule has 4 nitrogen and oxygen atoms in total. The van der Waals surface area contributed by atoms with Crippen LogP contribution in [0.1, 0.15) is 26.2 Å². The Hall–Kier alpha value is -1.20. The first-order valence-electron chi connectivity index (χ1n) is 7.98. The van der Waals surface area contributed by atoms with Crippen LogP contribution in [0, 0.1) is 0 Å². The molecule has 1 fully saturated rings. The number of aliphatic imine (C=N–C) groups is 1. The first-order chi connectivity index (χ1) is 10.7. The molecule has 1 aromatic rings. The molecular formula is C17H27N3OS. The highest BCUT2D eigenvalue weighted by atomic mass is 32.2. The average molecular weight is 321 g/mol. The topological polar surface area (TPSA) is 45.7 Å². The van der Waals surface area contributed by atoms with Crippen molar-refractivity contribution in [3.63, 3.8) is 0 Å². The van der Waals surface area contributed by atoms with Crippen molar-refractivity contribution in [3.8, 4) is 0 Å². The first kappa shape index (κ1) is 17.2. The molecule has 1 heterocycles. The second-order valence-electron chi connectivity index (χ2n) is 5.77. The highest BCUT2D eigenvalue weighted by Gasteiger charge is 2.29. The summed E-state index contributed by atoms with van der Waals surface area (Å²) in [5.41, 5.74) is -0.0409. The fourth-order valence-corrected chi connectivity index (χ4v) is 3.33. The predicted molar refractivity (Wildman–Crippen MR) is 94.7 cm³/mol. The van der Waals surface area contributed by atoms with Crippen LogP contribution in [0.5, 0.6) is 0 Å². The maximum atomic E-state index is 5.78. The fourth-order valence-electron chi connectivity index (χ4n) is 2.45. The zero-order valence-electron chi connectivity index (χ0n) is 13.6. The standard InChI is InChI=1S/C17H27N3OS/c1-17(10-6-12-21-17)14-20-16(18-2)19-11-7-13-22-15-8-4-3-5-9-15/h3-5,8-9H,6-7,10-14H2,1-2H3,(H2,18,19,20). The van der Waals surface area contributed by atoms with Gasteiger partial charge < -0.3 is 15.4 Å². The zero-order valence-corrected chi connectivity index (χ0v) is 14.4. The lowest BCUT2D eigenvalue weighted by molar-refractivity contribution is 0.0243. The van der Waals surface area contributed by atoms with Gasteiger partial charge in [-0.05, 0) is 44.1 Å². The summed E-state index contributed by atoms with van der Waals surface area (Å²) in [4.78, 5) is 5.60. The van der Waals surface area contributed by atoms with E-state index in [0.29, 0.717) is 0 Å². The molecule has 0 radical (unpaired) electrons. The molecule has 1 aliphatic heterocycles. The Morgan fingerprint density at radius 2 is 2.14 bits per heavy atom. The summed E-state index contributed by atoms with van der Waals surface area (Å²) in [5, 5.41) is 6.73. The number of benzene rings is 1. The van der Waals surface area contributed by atoms with Crippen LogP contribution in [0.4, 0.5) is 0 Å². The van der Waals surface area contributed by atoms with Crippen LogP contribution < -0.4 is 10.6 Å². The van der Waals surface area contributed by atoms with Gasteiger partial charge in [0.2, 0.25) is 0 Å². The molecule has 2 N–H and O–H groups in total. The molecule has 22 heavy (non-hydrogen) atoms. The minimum atomic E-state index is -0.0409. The van der Waals surface area contributed by atoms with Crippen molar-refractivity contribution in [3.05, 3.63) is 30.3 Å². The van der Waals surface area contributed by atoms with Gasteiger partial charge in [-0.15, -0.1) is 11.8 Å². The summed E-state index contributed by atoms with van der Waals surface area (Å²) < 4.78 is 5.78. The Bertz CT molecular complexity index is 458. The van der Waals surface area contributed by atoms with Gasteiger partial charge in [0.25, 0.3) is 0 Å². The van der Waals surface area contributed by atoms with Crippen LogP contribution in [0.25, 0.3) is 0 Å². The van der Waals surface area contributed by atoms with Crippen molar-refractivity contribution in [2.45, 2.75) is 36.7 Å². The summed E-state index contributed by atoms with van der Waals surface area (Å²) in [5.74, 6) is 1.97. The van der Waals surface area contributed by atoms with E-state index in [4.69, 9.17) is 4.74 Å². The van der Waals surface area contributed by atoms with Crippen LogP contribution >= 0.6 is 11.8 Å². The van der Waals surface area contributed by atoms with E-state index in [9.17, 15) is 0 Å². The Kier molecular flexibility index (Phi) is 7.06. The molecule has 0 spiro atoms. The van der Waals surface area contributed by atoms with Gasteiger partial charge in [0, 0.05) is 31.6 Å². The third-order valence-corrected chi connectivity index (χ3v) is 4.88. The molecule has 1 aliphatic rings. The van der Waals surface area contributed by atoms with E-state index in [0.717, 1.165) is 50.7 Å². The van der Waals surface area contributed by atoms with Gasteiger partial charge in [0.15, 0.2) is 5.96 Å². The molecule has 0 saturated carbocycles. The number of ether oxygens (including phenoxy) is 1. The number of nitrogens with one attached hydrogen (secondary N) is 2. The van der Waals surface area contributed by atoms with E-state index in [1.807, 2.05) is 18.8 Å². The normalized spacial score (nSPS) is 21.8. The van der Waals surface area contributed by atoms with E-state index in [2.05, 4.69) is 52.9 Å². The van der Waals surface area contributed by atoms with Crippen LogP contribution in [0.15, 0.2) is 40.2 Å². The number of hydrogen-bond acceptors (Lipinski definition) is 3. The van der Waals surface area contributed by atoms with Gasteiger partial charge in [-0.2, -0.15) is 0 Å². The molecule has 5 heteroatoms. The summed E-state index contributed by atoms with van der Waals surface area (Å²) >= 11 is 1.89. The molecule has 1 unspecified atom stereocenters. The van der Waals surface area contributed by atoms with Crippen molar-refractivity contribution in [2.75, 3.05) is 32.5 Å². The zero-order chi connectivity index (χ0) is 15.7. The third kappa shape index (κ3) is 5.89. The number of rotatable bonds is 7. The van der Waals surface area contributed by atoms with E-state index in [-0.39, 0.29) is 5.60 Å². The van der Waals surface area contributed by atoms with E-state index in [1.165, 1.54) is 4.90 Å². The SMILES string of the molecule is CN=C(NCCCSc1ccccc1)NCC1(C)CCCO1. The molecule has 0 bridgehead atoms. The van der Waals surface area contributed by atoms with E-state index >= 15 is 0 Å². The summed E-state index contributed by atoms with van der Waals surface area (Å²) in [6.07, 6.45) is 3.37. The van der Waals surface area contributed by atoms with Crippen LogP contribution in [0.3, 0.4) is 0 Å². The lowest BCUT2D eigenvalue weighted by Crippen LogP contribution is -2.45. The molecule has 0 aromatic heterocycles. The second-order valence-corrected chi connectivity index (χ2v) is 6.94. The molecular weight excluding hydrogens is 294 g/mol. The maximum absolute atomic E-state index is 5.78. The van der Waals surface area contributed by atoms with Gasteiger partial charge in [-0.1, -0.05) is 18.2 Å². The minimum Gasteiger partial charge on any atom is -0.373 e. The second kappa shape index (κ2) is 9.06. The molecule has 1 aromatic carbocycles. The van der Waals surface area contributed by atoms with Crippen LogP contribution in [-0.2, 0) is 4.74 Å². The lowest BCUT2D eigenvalue weighted by Gasteiger charge is -2.24. The quantitative estimate of drug-likeness (QED) is 0.351. The van der Waals surface area contributed by atoms with Gasteiger partial charge in [-0.3, -0.25) is 4.99 Å². The molecule has 122 valence electrons. The third-order valence-electron chi connectivity index (χ3n) is 3.78. The highest BCUT2D eigenvalue weighted by Crippen LogP contribution is 2.23. The number of thioether (sulfide) groups is 1. The van der Waals surface area contributed by atoms with Crippen LogP contribution in [0.2, 0.25) is 0 Å². The Labute approximate surface area is 138 Å². The Morgan fingerprint density at radius 3 is 2.82 bits per heavy atom. The molecule has 0 aliphatic carbocycles. The number of nitrogens with zero attached hydrogens (tertiary/aromatic N) is 1. The molecule has 0 amide bonds. The average Bonchev–Trinajstić information content (AvgIpc) is 2.98. The molecule has 1 atom stereocenters. The van der Waals surface area contributed by atoms with Gasteiger partial charge in [0.05, 0.1) is 5.60 Å². The fraction of sp³-hybridized carbons (Fsp3) is 0.588. The summed E-state index contributed by atoms with van der Waals surface area (Å²) in [7, 11) is 1.81. The number of hydrogen-bond donors (Lipinski definition) is 2. The van der Waals surface area contributed by atoms with Gasteiger partial charge in [0.1, 0.15) is 0 Å². The highest BCUT2D eigenvalue weighted by molar-refractivity contribution is 7.99. The van der Waals surface area contributed by atoms with Gasteiger partial charge in [-0.25, -0.2) is 0 Å². The van der Waals surface area contributed by atoms with Crippen molar-refractivity contribution in [2.24, 2.45) is 4.99 Å². The minimum absolute atomic E-state index is 0.0409. The van der Waals surface area contributed by atoms with Crippen molar-refractivity contribution >= 4 is 17.7 Å². The maximum Gasteiger partial charge on any atom is 0.191 e. The molecule has 1 saturated heterocycles. The predicted octanol–water partition coefficient (Wildman–Crippen LogP) is 2.90. The first-order valence-corrected chi connectivity index (χ1v) is 8.97.